The molecule has 28 heavy (non-hydrogen) atoms. The number of hydrogen-bond donors (Lipinski definition) is 1. The number of para-hydroxylation sites is 1. The minimum absolute atomic E-state index is 0.0541. The quantitative estimate of drug-likeness (QED) is 0.645. The fraction of sp³-hybridized carbons (Fsp3) is 0.160. The molecule has 1 aliphatic rings. The molecule has 1 aliphatic carbocycles. The average molecular weight is 368 g/mol. The number of rotatable bonds is 5. The smallest absolute Gasteiger partial charge is 0.253 e. The van der Waals surface area contributed by atoms with Crippen molar-refractivity contribution in [3.8, 4) is 0 Å². The molecule has 1 amide bonds. The van der Waals surface area contributed by atoms with Gasteiger partial charge in [-0.25, -0.2) is 0 Å². The van der Waals surface area contributed by atoms with E-state index >= 15 is 0 Å². The molecule has 0 bridgehead atoms. The summed E-state index contributed by atoms with van der Waals surface area (Å²) in [5, 5.41) is 1.23. The second-order valence-electron chi connectivity index (χ2n) is 7.10. The lowest BCUT2D eigenvalue weighted by Gasteiger charge is -2.17. The van der Waals surface area contributed by atoms with E-state index in [1.165, 1.54) is 16.5 Å². The molecule has 1 N–H and O–H groups in total. The van der Waals surface area contributed by atoms with E-state index < -0.39 is 0 Å². The Morgan fingerprint density at radius 1 is 1.07 bits per heavy atom. The Morgan fingerprint density at radius 3 is 2.75 bits per heavy atom. The molecule has 3 heteroatoms. The number of allylic oxidation sites excluding steroid dienone is 6. The van der Waals surface area contributed by atoms with Gasteiger partial charge >= 0.3 is 0 Å². The predicted molar refractivity (Wildman–Crippen MR) is 116 cm³/mol. The summed E-state index contributed by atoms with van der Waals surface area (Å²) in [5.74, 6) is 0.0541. The van der Waals surface area contributed by atoms with E-state index in [4.69, 9.17) is 0 Å². The van der Waals surface area contributed by atoms with Crippen molar-refractivity contribution < 1.29 is 4.79 Å². The van der Waals surface area contributed by atoms with Crippen LogP contribution in [0.2, 0.25) is 0 Å². The molecule has 0 atom stereocenters. The van der Waals surface area contributed by atoms with Crippen LogP contribution >= 0.6 is 0 Å². The van der Waals surface area contributed by atoms with E-state index in [0.29, 0.717) is 6.54 Å². The van der Waals surface area contributed by atoms with Gasteiger partial charge < -0.3 is 9.88 Å². The Labute approximate surface area is 165 Å². The molecule has 0 radical (unpaired) electrons. The van der Waals surface area contributed by atoms with E-state index in [9.17, 15) is 4.79 Å². The summed E-state index contributed by atoms with van der Waals surface area (Å²) in [7, 11) is 1.87. The molecular weight excluding hydrogens is 344 g/mol. The first-order valence-corrected chi connectivity index (χ1v) is 9.66. The summed E-state index contributed by atoms with van der Waals surface area (Å²) < 4.78 is 0. The Hall–Kier alpha value is -3.33. The van der Waals surface area contributed by atoms with Gasteiger partial charge in [-0.3, -0.25) is 4.79 Å². The van der Waals surface area contributed by atoms with Gasteiger partial charge in [0, 0.05) is 36.3 Å². The van der Waals surface area contributed by atoms with E-state index in [1.807, 2.05) is 49.6 Å². The lowest BCUT2D eigenvalue weighted by atomic mass is 10.0. The number of nitrogens with one attached hydrogen (secondary N) is 1. The molecule has 2 aromatic carbocycles. The SMILES string of the molecule is CN(CCc1c[nH]c2ccccc12)C(=O)c1ccc(C2=CCC=CC=C2)cc1. The average Bonchev–Trinajstić information content (AvgIpc) is 2.95. The number of carbonyl (C=O) groups excluding carboxylic acids is 1. The maximum absolute atomic E-state index is 12.8. The lowest BCUT2D eigenvalue weighted by Crippen LogP contribution is -2.28. The minimum atomic E-state index is 0.0541. The second kappa shape index (κ2) is 8.13. The number of hydrogen-bond acceptors (Lipinski definition) is 1. The number of benzene rings is 2. The molecule has 0 spiro atoms. The summed E-state index contributed by atoms with van der Waals surface area (Å²) in [5.41, 5.74) is 5.43. The molecule has 3 nitrogen and oxygen atoms in total. The Balaban J connectivity index is 1.41. The van der Waals surface area contributed by atoms with Gasteiger partial charge in [0.2, 0.25) is 0 Å². The van der Waals surface area contributed by atoms with Gasteiger partial charge in [-0.15, -0.1) is 0 Å². The molecule has 0 aliphatic heterocycles. The van der Waals surface area contributed by atoms with E-state index in [2.05, 4.69) is 47.5 Å². The minimum Gasteiger partial charge on any atom is -0.361 e. The van der Waals surface area contributed by atoms with Crippen molar-refractivity contribution in [2.24, 2.45) is 0 Å². The van der Waals surface area contributed by atoms with Crippen LogP contribution in [0.15, 0.2) is 85.1 Å². The van der Waals surface area contributed by atoms with Crippen LogP contribution in [-0.2, 0) is 6.42 Å². The van der Waals surface area contributed by atoms with Crippen molar-refractivity contribution in [2.45, 2.75) is 12.8 Å². The first-order valence-electron chi connectivity index (χ1n) is 9.66. The first kappa shape index (κ1) is 18.1. The van der Waals surface area contributed by atoms with Crippen molar-refractivity contribution in [1.29, 1.82) is 0 Å². The molecule has 140 valence electrons. The summed E-state index contributed by atoms with van der Waals surface area (Å²) >= 11 is 0. The number of H-pyrrole nitrogens is 1. The Kier molecular flexibility index (Phi) is 5.24. The van der Waals surface area contributed by atoms with Crippen LogP contribution in [0.1, 0.15) is 27.9 Å². The van der Waals surface area contributed by atoms with Crippen molar-refractivity contribution in [3.05, 3.63) is 102 Å². The standard InChI is InChI=1S/C25H24N2O/c1-27(17-16-22-18-26-24-11-7-6-10-23(22)24)25(28)21-14-12-20(13-15-21)19-8-4-2-3-5-9-19/h2-4,6-15,18,26H,5,16-17H2,1H3. The molecule has 0 saturated carbocycles. The monoisotopic (exact) mass is 368 g/mol. The van der Waals surface area contributed by atoms with Crippen LogP contribution in [0.5, 0.6) is 0 Å². The maximum Gasteiger partial charge on any atom is 0.253 e. The van der Waals surface area contributed by atoms with Crippen LogP contribution in [0.4, 0.5) is 0 Å². The molecule has 4 rings (SSSR count). The third-order valence-corrected chi connectivity index (χ3v) is 5.20. The fourth-order valence-corrected chi connectivity index (χ4v) is 3.55. The van der Waals surface area contributed by atoms with Gasteiger partial charge in [0.15, 0.2) is 0 Å². The molecular formula is C25H24N2O. The highest BCUT2D eigenvalue weighted by Gasteiger charge is 2.13. The number of nitrogens with zero attached hydrogens (tertiary/aromatic N) is 1. The van der Waals surface area contributed by atoms with Crippen molar-refractivity contribution in [1.82, 2.24) is 9.88 Å². The largest absolute Gasteiger partial charge is 0.361 e. The predicted octanol–water partition coefficient (Wildman–Crippen LogP) is 5.38. The first-order chi connectivity index (χ1) is 13.7. The third-order valence-electron chi connectivity index (χ3n) is 5.20. The Bertz CT molecular complexity index is 1070. The zero-order valence-corrected chi connectivity index (χ0v) is 16.1. The van der Waals surface area contributed by atoms with Crippen LogP contribution in [-0.4, -0.2) is 29.4 Å². The molecule has 1 heterocycles. The van der Waals surface area contributed by atoms with Crippen LogP contribution in [0, 0.1) is 0 Å². The molecule has 3 aromatic rings. The molecule has 0 fully saturated rings. The highest BCUT2D eigenvalue weighted by atomic mass is 16.2. The van der Waals surface area contributed by atoms with Crippen molar-refractivity contribution in [3.63, 3.8) is 0 Å². The van der Waals surface area contributed by atoms with E-state index in [1.54, 1.807) is 4.90 Å². The normalized spacial score (nSPS) is 13.4. The Morgan fingerprint density at radius 2 is 1.89 bits per heavy atom. The summed E-state index contributed by atoms with van der Waals surface area (Å²) in [6.07, 6.45) is 14.3. The number of likely N-dealkylation sites (N-methyl/N-ethyl adjacent to an activating group) is 1. The number of aromatic nitrogens is 1. The van der Waals surface area contributed by atoms with Gasteiger partial charge in [0.1, 0.15) is 0 Å². The van der Waals surface area contributed by atoms with Gasteiger partial charge in [0.25, 0.3) is 5.91 Å². The van der Waals surface area contributed by atoms with Gasteiger partial charge in [-0.1, -0.05) is 60.7 Å². The molecule has 0 saturated heterocycles. The maximum atomic E-state index is 12.8. The van der Waals surface area contributed by atoms with Crippen molar-refractivity contribution >= 4 is 22.4 Å². The number of amides is 1. The van der Waals surface area contributed by atoms with Crippen LogP contribution < -0.4 is 0 Å². The summed E-state index contributed by atoms with van der Waals surface area (Å²) in [6, 6.07) is 16.2. The fourth-order valence-electron chi connectivity index (χ4n) is 3.55. The van der Waals surface area contributed by atoms with E-state index in [-0.39, 0.29) is 5.91 Å². The molecule has 1 aromatic heterocycles. The third kappa shape index (κ3) is 3.84. The summed E-state index contributed by atoms with van der Waals surface area (Å²) in [6.45, 7) is 0.683. The number of fused-ring (bicyclic) bond motifs is 1. The second-order valence-corrected chi connectivity index (χ2v) is 7.10. The topological polar surface area (TPSA) is 36.1 Å². The van der Waals surface area contributed by atoms with Crippen molar-refractivity contribution in [2.75, 3.05) is 13.6 Å². The summed E-state index contributed by atoms with van der Waals surface area (Å²) in [4.78, 5) is 17.9. The zero-order chi connectivity index (χ0) is 19.3. The van der Waals surface area contributed by atoms with E-state index in [0.717, 1.165) is 29.5 Å². The lowest BCUT2D eigenvalue weighted by molar-refractivity contribution is 0.0796. The van der Waals surface area contributed by atoms with Crippen LogP contribution in [0.3, 0.4) is 0 Å². The van der Waals surface area contributed by atoms with Gasteiger partial charge in [-0.05, 0) is 47.7 Å². The highest BCUT2D eigenvalue weighted by Crippen LogP contribution is 2.21. The number of carbonyl (C=O) groups is 1. The van der Waals surface area contributed by atoms with Gasteiger partial charge in [-0.2, -0.15) is 0 Å². The van der Waals surface area contributed by atoms with Gasteiger partial charge in [0.05, 0.1) is 0 Å². The molecule has 0 unspecified atom stereocenters. The number of aromatic amines is 1. The zero-order valence-electron chi connectivity index (χ0n) is 16.1. The highest BCUT2D eigenvalue weighted by molar-refractivity contribution is 5.94. The van der Waals surface area contributed by atoms with Crippen LogP contribution in [0.25, 0.3) is 16.5 Å².